The molecule has 0 aliphatic carbocycles. The molecule has 0 radical (unpaired) electrons. The number of carbonyl (C=O) groups is 1. The Balaban J connectivity index is 1.96. The van der Waals surface area contributed by atoms with Crippen LogP contribution in [0.3, 0.4) is 0 Å². The summed E-state index contributed by atoms with van der Waals surface area (Å²) in [4.78, 5) is 11.8. The molecular formula is C13H13F3N4O. The summed E-state index contributed by atoms with van der Waals surface area (Å²) in [6.45, 7) is 0.237. The minimum Gasteiger partial charge on any atom is -0.325 e. The highest BCUT2D eigenvalue weighted by molar-refractivity contribution is 5.80. The van der Waals surface area contributed by atoms with E-state index in [9.17, 15) is 18.0 Å². The van der Waals surface area contributed by atoms with Crippen LogP contribution < -0.4 is 5.73 Å². The molecule has 0 aliphatic heterocycles. The van der Waals surface area contributed by atoms with E-state index in [0.717, 1.165) is 12.1 Å². The van der Waals surface area contributed by atoms with Gasteiger partial charge in [-0.2, -0.15) is 13.2 Å². The van der Waals surface area contributed by atoms with Crippen LogP contribution >= 0.6 is 0 Å². The van der Waals surface area contributed by atoms with E-state index in [2.05, 4.69) is 10.3 Å². The Morgan fingerprint density at radius 1 is 1.24 bits per heavy atom. The molecule has 1 aromatic carbocycles. The number of halogens is 3. The lowest BCUT2D eigenvalue weighted by molar-refractivity contribution is -0.137. The van der Waals surface area contributed by atoms with Gasteiger partial charge in [-0.1, -0.05) is 17.3 Å². The third kappa shape index (κ3) is 4.12. The van der Waals surface area contributed by atoms with E-state index in [-0.39, 0.29) is 25.3 Å². The lowest BCUT2D eigenvalue weighted by atomic mass is 10.1. The Kier molecular flexibility index (Phi) is 4.37. The van der Waals surface area contributed by atoms with E-state index in [0.29, 0.717) is 11.3 Å². The topological polar surface area (TPSA) is 73.8 Å². The van der Waals surface area contributed by atoms with Crippen LogP contribution in [0.4, 0.5) is 13.2 Å². The molecule has 0 aliphatic rings. The van der Waals surface area contributed by atoms with Gasteiger partial charge in [-0.15, -0.1) is 5.10 Å². The zero-order chi connectivity index (χ0) is 15.5. The minimum absolute atomic E-state index is 0.00796. The number of hydrogen-bond donors (Lipinski definition) is 1. The highest BCUT2D eigenvalue weighted by Crippen LogP contribution is 2.29. The van der Waals surface area contributed by atoms with Gasteiger partial charge in [0.15, 0.2) is 5.78 Å². The monoisotopic (exact) mass is 298 g/mol. The predicted molar refractivity (Wildman–Crippen MR) is 68.1 cm³/mol. The van der Waals surface area contributed by atoms with Gasteiger partial charge in [-0.05, 0) is 17.7 Å². The van der Waals surface area contributed by atoms with Crippen LogP contribution in [0.25, 0.3) is 0 Å². The van der Waals surface area contributed by atoms with Crippen molar-refractivity contribution in [3.8, 4) is 0 Å². The van der Waals surface area contributed by atoms with Crippen LogP contribution in [0.5, 0.6) is 0 Å². The van der Waals surface area contributed by atoms with Gasteiger partial charge in [0.25, 0.3) is 0 Å². The molecule has 8 heteroatoms. The maximum absolute atomic E-state index is 12.4. The number of carbonyl (C=O) groups excluding carboxylic acids is 1. The first-order valence-corrected chi connectivity index (χ1v) is 6.15. The van der Waals surface area contributed by atoms with Gasteiger partial charge in [0.05, 0.1) is 17.5 Å². The third-order valence-electron chi connectivity index (χ3n) is 2.82. The standard InChI is InChI=1S/C13H13F3N4O/c14-13(15,16)10-3-1-9(2-4-10)5-12(21)8-20-7-11(6-17)18-19-20/h1-4,7H,5-6,8,17H2. The molecule has 2 rings (SSSR count). The fourth-order valence-corrected chi connectivity index (χ4v) is 1.79. The number of nitrogens with zero attached hydrogens (tertiary/aromatic N) is 3. The molecular weight excluding hydrogens is 285 g/mol. The maximum atomic E-state index is 12.4. The Morgan fingerprint density at radius 2 is 1.90 bits per heavy atom. The Labute approximate surface area is 118 Å². The normalized spacial score (nSPS) is 11.6. The molecule has 0 spiro atoms. The van der Waals surface area contributed by atoms with E-state index in [1.54, 1.807) is 6.20 Å². The zero-order valence-electron chi connectivity index (χ0n) is 11.0. The third-order valence-corrected chi connectivity index (χ3v) is 2.82. The minimum atomic E-state index is -4.37. The van der Waals surface area contributed by atoms with Crippen LogP contribution in [0.2, 0.25) is 0 Å². The summed E-state index contributed by atoms with van der Waals surface area (Å²) in [7, 11) is 0. The highest BCUT2D eigenvalue weighted by atomic mass is 19.4. The molecule has 5 nitrogen and oxygen atoms in total. The second kappa shape index (κ2) is 6.04. The molecule has 0 amide bonds. The second-order valence-corrected chi connectivity index (χ2v) is 4.52. The smallest absolute Gasteiger partial charge is 0.325 e. The van der Waals surface area contributed by atoms with Crippen molar-refractivity contribution in [1.82, 2.24) is 15.0 Å². The number of alkyl halides is 3. The van der Waals surface area contributed by atoms with Gasteiger partial charge in [0.1, 0.15) is 6.54 Å². The van der Waals surface area contributed by atoms with Crippen molar-refractivity contribution in [2.75, 3.05) is 0 Å². The summed E-state index contributed by atoms with van der Waals surface area (Å²) in [5, 5.41) is 7.48. The van der Waals surface area contributed by atoms with E-state index in [1.807, 2.05) is 0 Å². The van der Waals surface area contributed by atoms with Crippen molar-refractivity contribution in [2.24, 2.45) is 5.73 Å². The molecule has 21 heavy (non-hydrogen) atoms. The van der Waals surface area contributed by atoms with Gasteiger partial charge in [0.2, 0.25) is 0 Å². The Hall–Kier alpha value is -2.22. The second-order valence-electron chi connectivity index (χ2n) is 4.52. The molecule has 112 valence electrons. The van der Waals surface area contributed by atoms with E-state index >= 15 is 0 Å². The van der Waals surface area contributed by atoms with Crippen LogP contribution in [-0.2, 0) is 30.5 Å². The number of nitrogens with two attached hydrogens (primary N) is 1. The van der Waals surface area contributed by atoms with Gasteiger partial charge < -0.3 is 5.73 Å². The molecule has 0 bridgehead atoms. The van der Waals surface area contributed by atoms with E-state index in [4.69, 9.17) is 5.73 Å². The quantitative estimate of drug-likeness (QED) is 0.909. The summed E-state index contributed by atoms with van der Waals surface area (Å²) in [5.74, 6) is -0.178. The van der Waals surface area contributed by atoms with Crippen molar-refractivity contribution >= 4 is 5.78 Å². The molecule has 1 heterocycles. The lowest BCUT2D eigenvalue weighted by Gasteiger charge is -2.07. The van der Waals surface area contributed by atoms with Gasteiger partial charge in [0, 0.05) is 13.0 Å². The van der Waals surface area contributed by atoms with Crippen molar-refractivity contribution < 1.29 is 18.0 Å². The maximum Gasteiger partial charge on any atom is 0.416 e. The fraction of sp³-hybridized carbons (Fsp3) is 0.308. The molecule has 1 aromatic heterocycles. The SMILES string of the molecule is NCc1cn(CC(=O)Cc2ccc(C(F)(F)F)cc2)nn1. The lowest BCUT2D eigenvalue weighted by Crippen LogP contribution is -2.13. The average Bonchev–Trinajstić information content (AvgIpc) is 2.85. The molecule has 2 aromatic rings. The number of aromatic nitrogens is 3. The van der Waals surface area contributed by atoms with Crippen LogP contribution in [-0.4, -0.2) is 20.8 Å². The van der Waals surface area contributed by atoms with Crippen molar-refractivity contribution in [3.05, 3.63) is 47.3 Å². The summed E-state index contributed by atoms with van der Waals surface area (Å²) in [6.07, 6.45) is -2.78. The van der Waals surface area contributed by atoms with Crippen molar-refractivity contribution in [3.63, 3.8) is 0 Å². The number of benzene rings is 1. The first-order valence-electron chi connectivity index (χ1n) is 6.15. The number of ketones is 1. The van der Waals surface area contributed by atoms with Crippen molar-refractivity contribution in [2.45, 2.75) is 25.7 Å². The molecule has 0 fully saturated rings. The van der Waals surface area contributed by atoms with Gasteiger partial charge in [-0.25, -0.2) is 4.68 Å². The number of hydrogen-bond acceptors (Lipinski definition) is 4. The van der Waals surface area contributed by atoms with Crippen LogP contribution in [0.15, 0.2) is 30.5 Å². The molecule has 2 N–H and O–H groups in total. The summed E-state index contributed by atoms with van der Waals surface area (Å²) >= 11 is 0. The fourth-order valence-electron chi connectivity index (χ4n) is 1.79. The van der Waals surface area contributed by atoms with Gasteiger partial charge in [-0.3, -0.25) is 4.79 Å². The molecule has 0 saturated carbocycles. The Bertz CT molecular complexity index is 619. The summed E-state index contributed by atoms with van der Waals surface area (Å²) in [5.41, 5.74) is 5.73. The predicted octanol–water partition coefficient (Wildman–Crippen LogP) is 1.57. The number of rotatable bonds is 5. The highest BCUT2D eigenvalue weighted by Gasteiger charge is 2.29. The summed E-state index contributed by atoms with van der Waals surface area (Å²) < 4.78 is 38.6. The Morgan fingerprint density at radius 3 is 2.43 bits per heavy atom. The zero-order valence-corrected chi connectivity index (χ0v) is 11.0. The number of Topliss-reactive ketones (excluding diaryl/α,β-unsaturated/α-hetero) is 1. The van der Waals surface area contributed by atoms with Crippen molar-refractivity contribution in [1.29, 1.82) is 0 Å². The van der Waals surface area contributed by atoms with E-state index in [1.165, 1.54) is 16.8 Å². The van der Waals surface area contributed by atoms with E-state index < -0.39 is 11.7 Å². The molecule has 0 saturated heterocycles. The largest absolute Gasteiger partial charge is 0.416 e. The summed E-state index contributed by atoms with van der Waals surface area (Å²) in [6, 6.07) is 4.52. The van der Waals surface area contributed by atoms with Crippen LogP contribution in [0, 0.1) is 0 Å². The van der Waals surface area contributed by atoms with Crippen LogP contribution in [0.1, 0.15) is 16.8 Å². The average molecular weight is 298 g/mol. The first-order chi connectivity index (χ1) is 9.88. The first kappa shape index (κ1) is 15.2. The molecule has 0 unspecified atom stereocenters. The van der Waals surface area contributed by atoms with Gasteiger partial charge >= 0.3 is 6.18 Å². The molecule has 0 atom stereocenters.